The van der Waals surface area contributed by atoms with Gasteiger partial charge in [-0.3, -0.25) is 9.59 Å². The lowest BCUT2D eigenvalue weighted by Crippen LogP contribution is -2.27. The lowest BCUT2D eigenvalue weighted by atomic mass is 10.1. The third-order valence-electron chi connectivity index (χ3n) is 5.05. The second-order valence-electron chi connectivity index (χ2n) is 7.21. The van der Waals surface area contributed by atoms with Gasteiger partial charge in [0.15, 0.2) is 6.61 Å². The SMILES string of the molecule is CN(C(=O)c1ccccc1OCC(=O)Nc1ccccc1F)c1ccc2ccccc2c1. The molecule has 0 atom stereocenters. The highest BCUT2D eigenvalue weighted by atomic mass is 19.1. The van der Waals surface area contributed by atoms with Gasteiger partial charge in [-0.15, -0.1) is 0 Å². The average molecular weight is 428 g/mol. The fourth-order valence-electron chi connectivity index (χ4n) is 3.34. The zero-order valence-electron chi connectivity index (χ0n) is 17.4. The molecule has 0 bridgehead atoms. The average Bonchev–Trinajstić information content (AvgIpc) is 2.83. The molecule has 2 amide bonds. The molecule has 0 aliphatic carbocycles. The van der Waals surface area contributed by atoms with E-state index in [1.54, 1.807) is 37.4 Å². The number of hydrogen-bond acceptors (Lipinski definition) is 3. The van der Waals surface area contributed by atoms with E-state index >= 15 is 0 Å². The summed E-state index contributed by atoms with van der Waals surface area (Å²) in [5.41, 5.74) is 1.13. The van der Waals surface area contributed by atoms with Crippen LogP contribution in [0.1, 0.15) is 10.4 Å². The Kier molecular flexibility index (Phi) is 6.12. The molecule has 0 aliphatic rings. The minimum Gasteiger partial charge on any atom is -0.483 e. The van der Waals surface area contributed by atoms with Gasteiger partial charge < -0.3 is 15.0 Å². The van der Waals surface area contributed by atoms with Gasteiger partial charge in [0.1, 0.15) is 11.6 Å². The Morgan fingerprint density at radius 1 is 0.875 bits per heavy atom. The first-order valence-electron chi connectivity index (χ1n) is 10.1. The maximum atomic E-state index is 13.7. The summed E-state index contributed by atoms with van der Waals surface area (Å²) in [5.74, 6) is -1.06. The maximum Gasteiger partial charge on any atom is 0.262 e. The Balaban J connectivity index is 1.48. The number of para-hydroxylation sites is 2. The van der Waals surface area contributed by atoms with Crippen LogP contribution in [-0.2, 0) is 4.79 Å². The quantitative estimate of drug-likeness (QED) is 0.455. The smallest absolute Gasteiger partial charge is 0.262 e. The number of nitrogens with one attached hydrogen (secondary N) is 1. The Morgan fingerprint density at radius 2 is 1.56 bits per heavy atom. The molecule has 4 aromatic carbocycles. The number of fused-ring (bicyclic) bond motifs is 1. The summed E-state index contributed by atoms with van der Waals surface area (Å²) >= 11 is 0. The summed E-state index contributed by atoms with van der Waals surface area (Å²) in [6.45, 7) is -0.363. The molecule has 0 aromatic heterocycles. The number of halogens is 1. The summed E-state index contributed by atoms with van der Waals surface area (Å²) in [7, 11) is 1.69. The Labute approximate surface area is 185 Å². The van der Waals surface area contributed by atoms with Gasteiger partial charge in [-0.05, 0) is 47.2 Å². The lowest BCUT2D eigenvalue weighted by molar-refractivity contribution is -0.118. The van der Waals surface area contributed by atoms with Crippen molar-refractivity contribution in [3.63, 3.8) is 0 Å². The third-order valence-corrected chi connectivity index (χ3v) is 5.05. The van der Waals surface area contributed by atoms with Crippen LogP contribution in [0.5, 0.6) is 5.75 Å². The summed E-state index contributed by atoms with van der Waals surface area (Å²) in [4.78, 5) is 26.9. The predicted octanol–water partition coefficient (Wildman–Crippen LogP) is 5.27. The molecule has 4 aromatic rings. The number of hydrogen-bond donors (Lipinski definition) is 1. The van der Waals surface area contributed by atoms with Gasteiger partial charge >= 0.3 is 0 Å². The first-order chi connectivity index (χ1) is 15.5. The number of carbonyl (C=O) groups excluding carboxylic acids is 2. The number of amides is 2. The van der Waals surface area contributed by atoms with Gasteiger partial charge in [0.25, 0.3) is 11.8 Å². The molecular weight excluding hydrogens is 407 g/mol. The molecule has 5 nitrogen and oxygen atoms in total. The first-order valence-corrected chi connectivity index (χ1v) is 10.1. The van der Waals surface area contributed by atoms with Gasteiger partial charge in [-0.25, -0.2) is 4.39 Å². The van der Waals surface area contributed by atoms with Gasteiger partial charge in [-0.1, -0.05) is 54.6 Å². The highest BCUT2D eigenvalue weighted by Crippen LogP contribution is 2.25. The van der Waals surface area contributed by atoms with Crippen molar-refractivity contribution in [3.8, 4) is 5.75 Å². The zero-order chi connectivity index (χ0) is 22.5. The van der Waals surface area contributed by atoms with Gasteiger partial charge in [0, 0.05) is 12.7 Å². The number of nitrogens with zero attached hydrogens (tertiary/aromatic N) is 1. The van der Waals surface area contributed by atoms with E-state index in [0.29, 0.717) is 5.56 Å². The van der Waals surface area contributed by atoms with Crippen LogP contribution in [0.2, 0.25) is 0 Å². The number of ether oxygens (including phenoxy) is 1. The predicted molar refractivity (Wildman–Crippen MR) is 124 cm³/mol. The van der Waals surface area contributed by atoms with Crippen molar-refractivity contribution in [2.75, 3.05) is 23.9 Å². The van der Waals surface area contributed by atoms with E-state index < -0.39 is 11.7 Å². The largest absolute Gasteiger partial charge is 0.483 e. The second-order valence-corrected chi connectivity index (χ2v) is 7.21. The molecule has 0 aliphatic heterocycles. The summed E-state index contributed by atoms with van der Waals surface area (Å²) in [5, 5.41) is 4.57. The number of benzene rings is 4. The number of carbonyl (C=O) groups is 2. The molecule has 0 unspecified atom stereocenters. The van der Waals surface area contributed by atoms with Crippen molar-refractivity contribution in [3.05, 3.63) is 102 Å². The monoisotopic (exact) mass is 428 g/mol. The third kappa shape index (κ3) is 4.59. The standard InChI is InChI=1S/C26H21FN2O3/c1-29(20-15-14-18-8-2-3-9-19(18)16-20)26(31)21-10-4-7-13-24(21)32-17-25(30)28-23-12-6-5-11-22(23)27/h2-16H,17H2,1H3,(H,28,30). The van der Waals surface area contributed by atoms with E-state index in [9.17, 15) is 14.0 Å². The minimum atomic E-state index is -0.534. The van der Waals surface area contributed by atoms with Crippen LogP contribution in [0.15, 0.2) is 91.0 Å². The van der Waals surface area contributed by atoms with Gasteiger partial charge in [-0.2, -0.15) is 0 Å². The van der Waals surface area contributed by atoms with E-state index in [4.69, 9.17) is 4.74 Å². The van der Waals surface area contributed by atoms with Crippen LogP contribution in [0, 0.1) is 5.82 Å². The highest BCUT2D eigenvalue weighted by molar-refractivity contribution is 6.08. The van der Waals surface area contributed by atoms with Crippen molar-refractivity contribution in [1.82, 2.24) is 0 Å². The Hall–Kier alpha value is -4.19. The molecule has 0 spiro atoms. The van der Waals surface area contributed by atoms with E-state index in [0.717, 1.165) is 16.5 Å². The van der Waals surface area contributed by atoms with Crippen LogP contribution in [0.4, 0.5) is 15.8 Å². The van der Waals surface area contributed by atoms with E-state index in [1.807, 2.05) is 42.5 Å². The van der Waals surface area contributed by atoms with Crippen LogP contribution in [-0.4, -0.2) is 25.5 Å². The Bertz CT molecular complexity index is 1290. The molecular formula is C26H21FN2O3. The highest BCUT2D eigenvalue weighted by Gasteiger charge is 2.19. The second kappa shape index (κ2) is 9.31. The zero-order valence-corrected chi connectivity index (χ0v) is 17.4. The van der Waals surface area contributed by atoms with Crippen molar-refractivity contribution >= 4 is 34.0 Å². The van der Waals surface area contributed by atoms with Crippen molar-refractivity contribution in [2.45, 2.75) is 0 Å². The van der Waals surface area contributed by atoms with Crippen LogP contribution in [0.25, 0.3) is 10.8 Å². The molecule has 0 radical (unpaired) electrons. The maximum absolute atomic E-state index is 13.7. The number of anilines is 2. The molecule has 4 rings (SSSR count). The van der Waals surface area contributed by atoms with Crippen LogP contribution in [0.3, 0.4) is 0 Å². The van der Waals surface area contributed by atoms with Crippen molar-refractivity contribution in [1.29, 1.82) is 0 Å². The number of rotatable bonds is 6. The lowest BCUT2D eigenvalue weighted by Gasteiger charge is -2.20. The first kappa shape index (κ1) is 21.1. The van der Waals surface area contributed by atoms with Crippen molar-refractivity contribution in [2.24, 2.45) is 0 Å². The van der Waals surface area contributed by atoms with Crippen LogP contribution < -0.4 is 15.0 Å². The summed E-state index contributed by atoms with van der Waals surface area (Å²) in [6.07, 6.45) is 0. The molecule has 160 valence electrons. The van der Waals surface area contributed by atoms with Gasteiger partial charge in [0.05, 0.1) is 11.3 Å². The molecule has 6 heteroatoms. The molecule has 0 heterocycles. The van der Waals surface area contributed by atoms with E-state index in [-0.39, 0.29) is 24.0 Å². The molecule has 0 fully saturated rings. The fourth-order valence-corrected chi connectivity index (χ4v) is 3.34. The molecule has 32 heavy (non-hydrogen) atoms. The Morgan fingerprint density at radius 3 is 2.38 bits per heavy atom. The van der Waals surface area contributed by atoms with Crippen LogP contribution >= 0.6 is 0 Å². The van der Waals surface area contributed by atoms with Crippen molar-refractivity contribution < 1.29 is 18.7 Å². The fraction of sp³-hybridized carbons (Fsp3) is 0.0769. The summed E-state index contributed by atoms with van der Waals surface area (Å²) < 4.78 is 19.3. The normalized spacial score (nSPS) is 10.6. The van der Waals surface area contributed by atoms with E-state index in [2.05, 4.69) is 5.32 Å². The molecule has 0 saturated carbocycles. The topological polar surface area (TPSA) is 58.6 Å². The minimum absolute atomic E-state index is 0.0708. The summed E-state index contributed by atoms with van der Waals surface area (Å²) in [6, 6.07) is 26.3. The molecule has 1 N–H and O–H groups in total. The van der Waals surface area contributed by atoms with E-state index in [1.165, 1.54) is 23.1 Å². The molecule has 0 saturated heterocycles. The van der Waals surface area contributed by atoms with Gasteiger partial charge in [0.2, 0.25) is 0 Å².